The minimum atomic E-state index is -1.15. The van der Waals surface area contributed by atoms with Gasteiger partial charge in [0.05, 0.1) is 22.2 Å². The highest BCUT2D eigenvalue weighted by Crippen LogP contribution is 2.15. The van der Waals surface area contributed by atoms with Crippen molar-refractivity contribution in [1.29, 1.82) is 0 Å². The first-order chi connectivity index (χ1) is 10.1. The number of amides is 1. The fourth-order valence-electron chi connectivity index (χ4n) is 2.05. The number of nitrogens with one attached hydrogen (secondary N) is 2. The SMILES string of the molecule is O=C(O)c1ccccc1C(=O)Nc1nc2ccccc2[nH]1. The first kappa shape index (κ1) is 12.9. The third-order valence-corrected chi connectivity index (χ3v) is 3.02. The topological polar surface area (TPSA) is 95.1 Å². The molecule has 3 aromatic rings. The number of anilines is 1. The van der Waals surface area contributed by atoms with Gasteiger partial charge in [0.1, 0.15) is 0 Å². The monoisotopic (exact) mass is 281 g/mol. The molecule has 6 nitrogen and oxygen atoms in total. The molecule has 21 heavy (non-hydrogen) atoms. The first-order valence-corrected chi connectivity index (χ1v) is 6.23. The minimum Gasteiger partial charge on any atom is -0.478 e. The number of aromatic nitrogens is 2. The largest absolute Gasteiger partial charge is 0.478 e. The van der Waals surface area contributed by atoms with Gasteiger partial charge in [0.2, 0.25) is 5.95 Å². The molecule has 1 heterocycles. The molecule has 0 aliphatic rings. The highest BCUT2D eigenvalue weighted by atomic mass is 16.4. The summed E-state index contributed by atoms with van der Waals surface area (Å²) in [4.78, 5) is 30.5. The molecule has 1 aromatic heterocycles. The average Bonchev–Trinajstić information content (AvgIpc) is 2.89. The number of aromatic amines is 1. The molecular weight excluding hydrogens is 270 g/mol. The fraction of sp³-hybridized carbons (Fsp3) is 0. The van der Waals surface area contributed by atoms with E-state index < -0.39 is 11.9 Å². The van der Waals surface area contributed by atoms with Crippen molar-refractivity contribution in [2.24, 2.45) is 0 Å². The molecule has 0 aliphatic carbocycles. The normalized spacial score (nSPS) is 10.5. The summed E-state index contributed by atoms with van der Waals surface area (Å²) in [6, 6.07) is 13.4. The van der Waals surface area contributed by atoms with Crippen molar-refractivity contribution in [2.75, 3.05) is 5.32 Å². The van der Waals surface area contributed by atoms with E-state index in [0.29, 0.717) is 0 Å². The van der Waals surface area contributed by atoms with E-state index in [1.54, 1.807) is 12.1 Å². The zero-order chi connectivity index (χ0) is 14.8. The summed E-state index contributed by atoms with van der Waals surface area (Å²) >= 11 is 0. The highest BCUT2D eigenvalue weighted by molar-refractivity contribution is 6.10. The van der Waals surface area contributed by atoms with Gasteiger partial charge in [-0.1, -0.05) is 24.3 Å². The fourth-order valence-corrected chi connectivity index (χ4v) is 2.05. The standard InChI is InChI=1S/C15H11N3O3/c19-13(9-5-1-2-6-10(9)14(20)21)18-15-16-11-7-3-4-8-12(11)17-15/h1-8H,(H,20,21)(H2,16,17,18,19). The molecule has 1 amide bonds. The van der Waals surface area contributed by atoms with Crippen molar-refractivity contribution in [3.05, 3.63) is 59.7 Å². The van der Waals surface area contributed by atoms with Crippen LogP contribution in [-0.2, 0) is 0 Å². The van der Waals surface area contributed by atoms with Gasteiger partial charge in [-0.25, -0.2) is 9.78 Å². The van der Waals surface area contributed by atoms with Gasteiger partial charge in [0, 0.05) is 0 Å². The smallest absolute Gasteiger partial charge is 0.336 e. The zero-order valence-corrected chi connectivity index (χ0v) is 10.8. The number of carboxylic acids is 1. The number of hydrogen-bond acceptors (Lipinski definition) is 3. The Bertz CT molecular complexity index is 806. The second-order valence-electron chi connectivity index (χ2n) is 4.41. The lowest BCUT2D eigenvalue weighted by Gasteiger charge is -2.05. The molecule has 0 saturated heterocycles. The Hall–Kier alpha value is -3.15. The second kappa shape index (κ2) is 5.09. The summed E-state index contributed by atoms with van der Waals surface area (Å²) in [6.45, 7) is 0. The van der Waals surface area contributed by atoms with Crippen LogP contribution in [0.25, 0.3) is 11.0 Å². The summed E-state index contributed by atoms with van der Waals surface area (Å²) in [5.41, 5.74) is 1.55. The van der Waals surface area contributed by atoms with E-state index in [-0.39, 0.29) is 17.1 Å². The van der Waals surface area contributed by atoms with Gasteiger partial charge < -0.3 is 10.1 Å². The van der Waals surface area contributed by atoms with Crippen molar-refractivity contribution in [1.82, 2.24) is 9.97 Å². The quantitative estimate of drug-likeness (QED) is 0.687. The molecule has 0 unspecified atom stereocenters. The maximum Gasteiger partial charge on any atom is 0.336 e. The van der Waals surface area contributed by atoms with Gasteiger partial charge in [0.15, 0.2) is 0 Å². The van der Waals surface area contributed by atoms with Crippen molar-refractivity contribution in [3.8, 4) is 0 Å². The van der Waals surface area contributed by atoms with Gasteiger partial charge in [-0.3, -0.25) is 10.1 Å². The Labute approximate surface area is 119 Å². The van der Waals surface area contributed by atoms with Crippen molar-refractivity contribution >= 4 is 28.9 Å². The molecule has 0 aliphatic heterocycles. The van der Waals surface area contributed by atoms with E-state index in [1.165, 1.54) is 12.1 Å². The van der Waals surface area contributed by atoms with E-state index in [0.717, 1.165) is 11.0 Å². The van der Waals surface area contributed by atoms with Gasteiger partial charge >= 0.3 is 5.97 Å². The van der Waals surface area contributed by atoms with Crippen LogP contribution in [-0.4, -0.2) is 27.0 Å². The molecule has 3 rings (SSSR count). The van der Waals surface area contributed by atoms with E-state index in [9.17, 15) is 9.59 Å². The molecule has 6 heteroatoms. The molecule has 2 aromatic carbocycles. The Kier molecular flexibility index (Phi) is 3.12. The van der Waals surface area contributed by atoms with Crippen LogP contribution in [0.15, 0.2) is 48.5 Å². The lowest BCUT2D eigenvalue weighted by molar-refractivity contribution is 0.0692. The highest BCUT2D eigenvalue weighted by Gasteiger charge is 2.16. The number of aromatic carboxylic acids is 1. The van der Waals surface area contributed by atoms with Crippen LogP contribution < -0.4 is 5.32 Å². The number of carbonyl (C=O) groups is 2. The second-order valence-corrected chi connectivity index (χ2v) is 4.41. The summed E-state index contributed by atoms with van der Waals surface area (Å²) in [6.07, 6.45) is 0. The zero-order valence-electron chi connectivity index (χ0n) is 10.8. The van der Waals surface area contributed by atoms with Gasteiger partial charge in [0.25, 0.3) is 5.91 Å². The van der Waals surface area contributed by atoms with Gasteiger partial charge in [-0.05, 0) is 24.3 Å². The Morgan fingerprint density at radius 2 is 1.67 bits per heavy atom. The average molecular weight is 281 g/mol. The maximum atomic E-state index is 12.2. The van der Waals surface area contributed by atoms with E-state index in [2.05, 4.69) is 15.3 Å². The number of H-pyrrole nitrogens is 1. The Morgan fingerprint density at radius 3 is 2.38 bits per heavy atom. The molecule has 0 atom stereocenters. The summed E-state index contributed by atoms with van der Waals surface area (Å²) in [5, 5.41) is 11.7. The molecular formula is C15H11N3O3. The first-order valence-electron chi connectivity index (χ1n) is 6.23. The minimum absolute atomic E-state index is 0.0499. The number of imidazole rings is 1. The molecule has 0 saturated carbocycles. The molecule has 104 valence electrons. The summed E-state index contributed by atoms with van der Waals surface area (Å²) in [5.74, 6) is -1.39. The van der Waals surface area contributed by atoms with Crippen LogP contribution in [0.5, 0.6) is 0 Å². The number of hydrogen-bond donors (Lipinski definition) is 3. The predicted molar refractivity (Wildman–Crippen MR) is 77.4 cm³/mol. The van der Waals surface area contributed by atoms with Crippen LogP contribution in [0.1, 0.15) is 20.7 Å². The van der Waals surface area contributed by atoms with Crippen LogP contribution in [0.4, 0.5) is 5.95 Å². The van der Waals surface area contributed by atoms with Crippen molar-refractivity contribution in [2.45, 2.75) is 0 Å². The van der Waals surface area contributed by atoms with Crippen LogP contribution in [0, 0.1) is 0 Å². The van der Waals surface area contributed by atoms with Crippen molar-refractivity contribution < 1.29 is 14.7 Å². The number of carboxylic acid groups (broad SMARTS) is 1. The van der Waals surface area contributed by atoms with Crippen LogP contribution >= 0.6 is 0 Å². The Morgan fingerprint density at radius 1 is 1.00 bits per heavy atom. The predicted octanol–water partition coefficient (Wildman–Crippen LogP) is 2.51. The molecule has 0 bridgehead atoms. The van der Waals surface area contributed by atoms with Crippen LogP contribution in [0.2, 0.25) is 0 Å². The van der Waals surface area contributed by atoms with Crippen molar-refractivity contribution in [3.63, 3.8) is 0 Å². The number of nitrogens with zero attached hydrogens (tertiary/aromatic N) is 1. The van der Waals surface area contributed by atoms with Crippen LogP contribution in [0.3, 0.4) is 0 Å². The van der Waals surface area contributed by atoms with Gasteiger partial charge in [-0.2, -0.15) is 0 Å². The third kappa shape index (κ3) is 2.46. The molecule has 0 spiro atoms. The number of benzene rings is 2. The molecule has 0 fully saturated rings. The number of rotatable bonds is 3. The lowest BCUT2D eigenvalue weighted by Crippen LogP contribution is -2.17. The number of fused-ring (bicyclic) bond motifs is 1. The van der Waals surface area contributed by atoms with Gasteiger partial charge in [-0.15, -0.1) is 0 Å². The summed E-state index contributed by atoms with van der Waals surface area (Å²) in [7, 11) is 0. The number of carbonyl (C=O) groups excluding carboxylic acids is 1. The lowest BCUT2D eigenvalue weighted by atomic mass is 10.1. The Balaban J connectivity index is 1.91. The van der Waals surface area contributed by atoms with E-state index >= 15 is 0 Å². The number of para-hydroxylation sites is 2. The maximum absolute atomic E-state index is 12.2. The third-order valence-electron chi connectivity index (χ3n) is 3.02. The van der Waals surface area contributed by atoms with E-state index in [4.69, 9.17) is 5.11 Å². The summed E-state index contributed by atoms with van der Waals surface area (Å²) < 4.78 is 0. The molecule has 3 N–H and O–H groups in total. The molecule has 0 radical (unpaired) electrons. The van der Waals surface area contributed by atoms with E-state index in [1.807, 2.05) is 24.3 Å².